The first-order valence-corrected chi connectivity index (χ1v) is 10.7. The Kier molecular flexibility index (Phi) is 5.87. The molecule has 1 amide bonds. The lowest BCUT2D eigenvalue weighted by molar-refractivity contribution is 0.102. The maximum absolute atomic E-state index is 12.7. The average Bonchev–Trinajstić information content (AvgIpc) is 3.13. The maximum Gasteiger partial charge on any atom is 0.272 e. The van der Waals surface area contributed by atoms with Crippen molar-refractivity contribution in [2.45, 2.75) is 24.7 Å². The number of sulfonamides is 1. The first kappa shape index (κ1) is 20.1. The monoisotopic (exact) mass is 416 g/mol. The number of carbonyl (C=O) groups is 1. The van der Waals surface area contributed by atoms with Gasteiger partial charge in [-0.25, -0.2) is 8.42 Å². The number of nitrogens with one attached hydrogen (secondary N) is 1. The second-order valence-electron chi connectivity index (χ2n) is 6.44. The highest BCUT2D eigenvalue weighted by Crippen LogP contribution is 2.24. The number of carbonyl (C=O) groups excluding carboxylic acids is 1. The molecule has 0 saturated carbocycles. The summed E-state index contributed by atoms with van der Waals surface area (Å²) < 4.78 is 26.5. The summed E-state index contributed by atoms with van der Waals surface area (Å²) in [6, 6.07) is 14.7. The predicted octanol–water partition coefficient (Wildman–Crippen LogP) is 3.23. The van der Waals surface area contributed by atoms with Crippen molar-refractivity contribution < 1.29 is 13.2 Å². The first-order chi connectivity index (χ1) is 13.3. The number of hydrogen-bond acceptors (Lipinski definition) is 6. The fraction of sp³-hybridized carbons (Fsp3) is 0.211. The van der Waals surface area contributed by atoms with Gasteiger partial charge < -0.3 is 0 Å². The zero-order valence-electron chi connectivity index (χ0n) is 15.7. The molecule has 0 aliphatic carbocycles. The highest BCUT2D eigenvalue weighted by molar-refractivity contribution is 7.91. The third-order valence-corrected chi connectivity index (χ3v) is 7.09. The van der Waals surface area contributed by atoms with Crippen molar-refractivity contribution in [1.29, 1.82) is 0 Å². The van der Waals surface area contributed by atoms with Crippen molar-refractivity contribution in [2.24, 2.45) is 0 Å². The summed E-state index contributed by atoms with van der Waals surface area (Å²) in [7, 11) is -2.32. The smallest absolute Gasteiger partial charge is 0.272 e. The molecule has 2 aromatic carbocycles. The van der Waals surface area contributed by atoms with Crippen molar-refractivity contribution in [3.63, 3.8) is 0 Å². The summed E-state index contributed by atoms with van der Waals surface area (Å²) in [5, 5.41) is 10.3. The van der Waals surface area contributed by atoms with Gasteiger partial charge in [-0.2, -0.15) is 4.31 Å². The quantitative estimate of drug-likeness (QED) is 0.623. The van der Waals surface area contributed by atoms with Gasteiger partial charge in [0.15, 0.2) is 0 Å². The van der Waals surface area contributed by atoms with Crippen molar-refractivity contribution >= 4 is 32.4 Å². The minimum atomic E-state index is -3.81. The van der Waals surface area contributed by atoms with Crippen LogP contribution in [0.2, 0.25) is 0 Å². The topological polar surface area (TPSA) is 92.3 Å². The van der Waals surface area contributed by atoms with Crippen LogP contribution in [-0.4, -0.2) is 35.9 Å². The summed E-state index contributed by atoms with van der Waals surface area (Å²) >= 11 is 0.824. The largest absolute Gasteiger partial charge is 0.296 e. The molecular formula is C19H20N4O3S2. The third kappa shape index (κ3) is 4.61. The van der Waals surface area contributed by atoms with Crippen LogP contribution in [0.1, 0.15) is 27.0 Å². The fourth-order valence-corrected chi connectivity index (χ4v) is 4.65. The van der Waals surface area contributed by atoms with E-state index in [0.717, 1.165) is 28.0 Å². The minimum absolute atomic E-state index is 0.132. The number of nitrogens with zero attached hydrogens (tertiary/aromatic N) is 3. The number of amides is 1. The molecule has 9 heteroatoms. The summed E-state index contributed by atoms with van der Waals surface area (Å²) in [5.74, 6) is -0.367. The molecule has 28 heavy (non-hydrogen) atoms. The Hall–Kier alpha value is -2.62. The SMILES string of the molecule is Cc1ccc(CN(C)S(=O)(=O)c2nnc(NC(=O)c3ccc(C)cc3)s2)cc1. The number of benzene rings is 2. The van der Waals surface area contributed by atoms with Gasteiger partial charge in [-0.3, -0.25) is 10.1 Å². The number of aryl methyl sites for hydroxylation is 2. The van der Waals surface area contributed by atoms with Crippen LogP contribution in [0.5, 0.6) is 0 Å². The van der Waals surface area contributed by atoms with Crippen LogP contribution in [0.3, 0.4) is 0 Å². The van der Waals surface area contributed by atoms with Crippen LogP contribution in [0.15, 0.2) is 52.9 Å². The van der Waals surface area contributed by atoms with E-state index in [1.165, 1.54) is 11.4 Å². The Morgan fingerprint density at radius 3 is 2.18 bits per heavy atom. The van der Waals surface area contributed by atoms with E-state index in [1.807, 2.05) is 50.2 Å². The van der Waals surface area contributed by atoms with Crippen LogP contribution >= 0.6 is 11.3 Å². The lowest BCUT2D eigenvalue weighted by Crippen LogP contribution is -2.26. The standard InChI is InChI=1S/C19H20N4O3S2/c1-13-4-8-15(9-5-13)12-23(3)28(25,26)19-22-21-18(27-19)20-17(24)16-10-6-14(2)7-11-16/h4-11H,12H2,1-3H3,(H,20,21,24). The summed E-state index contributed by atoms with van der Waals surface area (Å²) in [6.07, 6.45) is 0. The Balaban J connectivity index is 1.71. The van der Waals surface area contributed by atoms with E-state index in [1.54, 1.807) is 12.1 Å². The fourth-order valence-electron chi connectivity index (χ4n) is 2.41. The Morgan fingerprint density at radius 1 is 1.00 bits per heavy atom. The Morgan fingerprint density at radius 2 is 1.57 bits per heavy atom. The lowest BCUT2D eigenvalue weighted by atomic mass is 10.1. The number of anilines is 1. The second kappa shape index (κ2) is 8.17. The normalized spacial score (nSPS) is 11.6. The maximum atomic E-state index is 12.7. The minimum Gasteiger partial charge on any atom is -0.296 e. The highest BCUT2D eigenvalue weighted by atomic mass is 32.2. The van der Waals surface area contributed by atoms with Gasteiger partial charge in [-0.1, -0.05) is 58.9 Å². The zero-order valence-corrected chi connectivity index (χ0v) is 17.3. The molecule has 0 radical (unpaired) electrons. The van der Waals surface area contributed by atoms with Crippen LogP contribution in [0.25, 0.3) is 0 Å². The molecule has 1 heterocycles. The number of hydrogen-bond donors (Lipinski definition) is 1. The summed E-state index contributed by atoms with van der Waals surface area (Å²) in [4.78, 5) is 12.3. The van der Waals surface area contributed by atoms with Crippen LogP contribution in [-0.2, 0) is 16.6 Å². The summed E-state index contributed by atoms with van der Waals surface area (Å²) in [6.45, 7) is 4.11. The van der Waals surface area contributed by atoms with Gasteiger partial charge in [0.2, 0.25) is 9.47 Å². The molecule has 0 atom stereocenters. The van der Waals surface area contributed by atoms with E-state index in [-0.39, 0.29) is 21.9 Å². The second-order valence-corrected chi connectivity index (χ2v) is 9.64. The molecule has 0 fully saturated rings. The van der Waals surface area contributed by atoms with Gasteiger partial charge >= 0.3 is 0 Å². The van der Waals surface area contributed by atoms with Gasteiger partial charge in [0.25, 0.3) is 15.9 Å². The molecule has 0 saturated heterocycles. The third-order valence-electron chi connectivity index (χ3n) is 4.10. The molecule has 1 N–H and O–H groups in total. The van der Waals surface area contributed by atoms with Gasteiger partial charge in [0, 0.05) is 19.2 Å². The molecule has 1 aromatic heterocycles. The highest BCUT2D eigenvalue weighted by Gasteiger charge is 2.26. The number of rotatable bonds is 6. The molecule has 0 bridgehead atoms. The van der Waals surface area contributed by atoms with E-state index in [0.29, 0.717) is 5.56 Å². The van der Waals surface area contributed by atoms with E-state index in [4.69, 9.17) is 0 Å². The van der Waals surface area contributed by atoms with Crippen LogP contribution in [0, 0.1) is 13.8 Å². The molecule has 3 rings (SSSR count). The number of aromatic nitrogens is 2. The van der Waals surface area contributed by atoms with Crippen LogP contribution < -0.4 is 5.32 Å². The Bertz CT molecular complexity index is 1080. The molecule has 0 unspecified atom stereocenters. The Labute approximate surface area is 168 Å². The van der Waals surface area contributed by atoms with E-state index >= 15 is 0 Å². The van der Waals surface area contributed by atoms with Crippen LogP contribution in [0.4, 0.5) is 5.13 Å². The molecule has 3 aromatic rings. The first-order valence-electron chi connectivity index (χ1n) is 8.49. The van der Waals surface area contributed by atoms with Crippen molar-refractivity contribution in [2.75, 3.05) is 12.4 Å². The van der Waals surface area contributed by atoms with Crippen molar-refractivity contribution in [3.05, 3.63) is 70.8 Å². The summed E-state index contributed by atoms with van der Waals surface area (Å²) in [5.41, 5.74) is 3.47. The molecule has 0 spiro atoms. The van der Waals surface area contributed by atoms with Gasteiger partial charge in [0.1, 0.15) is 0 Å². The van der Waals surface area contributed by atoms with E-state index in [9.17, 15) is 13.2 Å². The van der Waals surface area contributed by atoms with Gasteiger partial charge in [-0.05, 0) is 31.5 Å². The van der Waals surface area contributed by atoms with E-state index in [2.05, 4.69) is 15.5 Å². The lowest BCUT2D eigenvalue weighted by Gasteiger charge is -2.15. The predicted molar refractivity (Wildman–Crippen MR) is 109 cm³/mol. The molecule has 0 aliphatic rings. The van der Waals surface area contributed by atoms with Crippen molar-refractivity contribution in [3.8, 4) is 0 Å². The molecule has 0 aliphatic heterocycles. The molecular weight excluding hydrogens is 396 g/mol. The van der Waals surface area contributed by atoms with E-state index < -0.39 is 10.0 Å². The van der Waals surface area contributed by atoms with Gasteiger partial charge in [0.05, 0.1) is 0 Å². The molecule has 146 valence electrons. The van der Waals surface area contributed by atoms with Crippen molar-refractivity contribution in [1.82, 2.24) is 14.5 Å². The molecule has 7 nitrogen and oxygen atoms in total. The average molecular weight is 417 g/mol. The zero-order chi connectivity index (χ0) is 20.3. The van der Waals surface area contributed by atoms with Gasteiger partial charge in [-0.15, -0.1) is 10.2 Å².